The second kappa shape index (κ2) is 6.25. The number of fused-ring (bicyclic) bond motifs is 1. The average molecular weight is 253 g/mol. The molecule has 0 radical (unpaired) electrons. The highest BCUT2D eigenvalue weighted by atomic mass is 15.0. The number of hydrogen-bond acceptors (Lipinski definition) is 3. The van der Waals surface area contributed by atoms with Gasteiger partial charge in [-0.05, 0) is 43.7 Å². The predicted molar refractivity (Wildman–Crippen MR) is 76.7 cm³/mol. The van der Waals surface area contributed by atoms with Crippen LogP contribution in [-0.4, -0.2) is 11.0 Å². The molecule has 0 aliphatic heterocycles. The molecule has 0 bridgehead atoms. The Kier molecular flexibility index (Phi) is 4.42. The molecular formula is C16H19N3. The summed E-state index contributed by atoms with van der Waals surface area (Å²) in [4.78, 5) is 4.62. The number of hydrogen-bond donors (Lipinski definition) is 1. The van der Waals surface area contributed by atoms with E-state index < -0.39 is 0 Å². The van der Waals surface area contributed by atoms with Gasteiger partial charge >= 0.3 is 0 Å². The average Bonchev–Trinajstić information content (AvgIpc) is 2.46. The minimum Gasteiger partial charge on any atom is -0.355 e. The molecule has 1 N–H and O–H groups in total. The van der Waals surface area contributed by atoms with Crippen LogP contribution in [0.4, 0.5) is 5.82 Å². The van der Waals surface area contributed by atoms with Crippen molar-refractivity contribution in [1.82, 2.24) is 4.98 Å². The second-order valence-electron chi connectivity index (χ2n) is 4.96. The van der Waals surface area contributed by atoms with E-state index in [1.807, 2.05) is 6.07 Å². The Morgan fingerprint density at radius 3 is 2.95 bits per heavy atom. The Morgan fingerprint density at radius 1 is 1.47 bits per heavy atom. The highest BCUT2D eigenvalue weighted by Crippen LogP contribution is 2.24. The van der Waals surface area contributed by atoms with E-state index in [0.717, 1.165) is 31.4 Å². The van der Waals surface area contributed by atoms with Crippen molar-refractivity contribution >= 4 is 5.82 Å². The second-order valence-corrected chi connectivity index (χ2v) is 4.96. The Bertz CT molecular complexity index is 534. The summed E-state index contributed by atoms with van der Waals surface area (Å²) in [5.74, 6) is 3.37. The number of nitrogens with one attached hydrogen (secondary N) is 1. The van der Waals surface area contributed by atoms with Gasteiger partial charge in [-0.3, -0.25) is 0 Å². The maximum Gasteiger partial charge on any atom is 0.145 e. The molecule has 1 heterocycles. The van der Waals surface area contributed by atoms with Crippen LogP contribution in [0.5, 0.6) is 0 Å². The van der Waals surface area contributed by atoms with Crippen molar-refractivity contribution < 1.29 is 0 Å². The van der Waals surface area contributed by atoms with Gasteiger partial charge in [0.25, 0.3) is 0 Å². The zero-order valence-electron chi connectivity index (χ0n) is 11.4. The van der Waals surface area contributed by atoms with Gasteiger partial charge < -0.3 is 5.32 Å². The Balaban J connectivity index is 2.29. The van der Waals surface area contributed by atoms with Crippen LogP contribution in [0, 0.1) is 23.7 Å². The van der Waals surface area contributed by atoms with Gasteiger partial charge in [-0.2, -0.15) is 5.26 Å². The highest BCUT2D eigenvalue weighted by Gasteiger charge is 2.16. The number of rotatable bonds is 4. The van der Waals surface area contributed by atoms with E-state index in [0.29, 0.717) is 11.4 Å². The molecule has 3 heteroatoms. The van der Waals surface area contributed by atoms with Gasteiger partial charge in [0.1, 0.15) is 11.9 Å². The van der Waals surface area contributed by atoms with E-state index in [-0.39, 0.29) is 6.04 Å². The van der Waals surface area contributed by atoms with E-state index in [9.17, 15) is 5.26 Å². The van der Waals surface area contributed by atoms with Crippen molar-refractivity contribution in [1.29, 1.82) is 5.26 Å². The minimum atomic E-state index is -0.0498. The molecule has 0 aromatic carbocycles. The normalized spacial score (nSPS) is 14.9. The van der Waals surface area contributed by atoms with Crippen molar-refractivity contribution in [3.63, 3.8) is 0 Å². The first-order valence-electron chi connectivity index (χ1n) is 6.94. The Labute approximate surface area is 115 Å². The van der Waals surface area contributed by atoms with Gasteiger partial charge in [0, 0.05) is 5.69 Å². The lowest BCUT2D eigenvalue weighted by Crippen LogP contribution is -2.20. The molecular weight excluding hydrogens is 234 g/mol. The first-order valence-corrected chi connectivity index (χ1v) is 6.94. The molecule has 0 amide bonds. The molecule has 0 fully saturated rings. The largest absolute Gasteiger partial charge is 0.355 e. The van der Waals surface area contributed by atoms with Crippen LogP contribution in [0.15, 0.2) is 6.07 Å². The number of terminal acetylenes is 1. The first-order chi connectivity index (χ1) is 9.28. The summed E-state index contributed by atoms with van der Waals surface area (Å²) in [7, 11) is 0. The molecule has 0 saturated heterocycles. The van der Waals surface area contributed by atoms with Crippen LogP contribution in [0.25, 0.3) is 0 Å². The summed E-state index contributed by atoms with van der Waals surface area (Å²) in [6.07, 6.45) is 11.8. The first kappa shape index (κ1) is 13.4. The molecule has 3 nitrogen and oxygen atoms in total. The number of anilines is 1. The maximum atomic E-state index is 9.25. The summed E-state index contributed by atoms with van der Waals surface area (Å²) in [6.45, 7) is 2.09. The lowest BCUT2D eigenvalue weighted by atomic mass is 9.95. The van der Waals surface area contributed by atoms with Gasteiger partial charge in [-0.1, -0.05) is 19.3 Å². The number of nitriles is 1. The number of aryl methyl sites for hydroxylation is 2. The molecule has 1 aromatic heterocycles. The third-order valence-corrected chi connectivity index (χ3v) is 3.51. The highest BCUT2D eigenvalue weighted by molar-refractivity contribution is 5.55. The smallest absolute Gasteiger partial charge is 0.145 e. The van der Waals surface area contributed by atoms with Gasteiger partial charge in [0.2, 0.25) is 0 Å². The van der Waals surface area contributed by atoms with Gasteiger partial charge in [-0.15, -0.1) is 6.42 Å². The molecule has 1 aromatic rings. The maximum absolute atomic E-state index is 9.25. The molecule has 0 spiro atoms. The van der Waals surface area contributed by atoms with Crippen molar-refractivity contribution in [2.24, 2.45) is 0 Å². The van der Waals surface area contributed by atoms with E-state index >= 15 is 0 Å². The van der Waals surface area contributed by atoms with Crippen molar-refractivity contribution in [3.8, 4) is 18.4 Å². The molecule has 0 saturated carbocycles. The van der Waals surface area contributed by atoms with Gasteiger partial charge in [0.05, 0.1) is 11.6 Å². The Morgan fingerprint density at radius 2 is 2.26 bits per heavy atom. The van der Waals surface area contributed by atoms with Crippen LogP contribution in [0.3, 0.4) is 0 Å². The van der Waals surface area contributed by atoms with Crippen LogP contribution in [0.2, 0.25) is 0 Å². The fourth-order valence-electron chi connectivity index (χ4n) is 2.48. The fourth-order valence-corrected chi connectivity index (χ4v) is 2.48. The van der Waals surface area contributed by atoms with Gasteiger partial charge in [0.15, 0.2) is 0 Å². The van der Waals surface area contributed by atoms with Crippen LogP contribution < -0.4 is 5.32 Å². The zero-order chi connectivity index (χ0) is 13.7. The van der Waals surface area contributed by atoms with Gasteiger partial charge in [-0.25, -0.2) is 4.98 Å². The van der Waals surface area contributed by atoms with Crippen molar-refractivity contribution in [3.05, 3.63) is 22.9 Å². The monoisotopic (exact) mass is 253 g/mol. The molecule has 1 aliphatic carbocycles. The fraction of sp³-hybridized carbons (Fsp3) is 0.500. The zero-order valence-corrected chi connectivity index (χ0v) is 11.4. The standard InChI is InChI=1S/C16H19N3/c1-3-7-14(4-2)18-16-13(11-17)10-12-8-5-6-9-15(12)19-16/h2,10,14H,3,5-9H2,1H3,(H,18,19). The summed E-state index contributed by atoms with van der Waals surface area (Å²) < 4.78 is 0. The van der Waals surface area contributed by atoms with Crippen molar-refractivity contribution in [2.75, 3.05) is 5.32 Å². The molecule has 1 unspecified atom stereocenters. The SMILES string of the molecule is C#CC(CCC)Nc1nc2c(cc1C#N)CCCC2. The summed E-state index contributed by atoms with van der Waals surface area (Å²) in [6, 6.07) is 4.15. The number of pyridine rings is 1. The summed E-state index contributed by atoms with van der Waals surface area (Å²) in [5, 5.41) is 12.5. The van der Waals surface area contributed by atoms with E-state index in [1.165, 1.54) is 18.4 Å². The lowest BCUT2D eigenvalue weighted by Gasteiger charge is -2.19. The topological polar surface area (TPSA) is 48.7 Å². The third kappa shape index (κ3) is 3.06. The van der Waals surface area contributed by atoms with Crippen LogP contribution in [-0.2, 0) is 12.8 Å². The number of aromatic nitrogens is 1. The van der Waals surface area contributed by atoms with E-state index in [1.54, 1.807) is 0 Å². The van der Waals surface area contributed by atoms with Crippen LogP contribution in [0.1, 0.15) is 49.4 Å². The predicted octanol–water partition coefficient (Wildman–Crippen LogP) is 3.05. The van der Waals surface area contributed by atoms with Crippen molar-refractivity contribution in [2.45, 2.75) is 51.5 Å². The molecule has 2 rings (SSSR count). The number of nitrogens with zero attached hydrogens (tertiary/aromatic N) is 2. The molecule has 1 aliphatic rings. The third-order valence-electron chi connectivity index (χ3n) is 3.51. The quantitative estimate of drug-likeness (QED) is 0.839. The summed E-state index contributed by atoms with van der Waals surface area (Å²) in [5.41, 5.74) is 2.96. The van der Waals surface area contributed by atoms with E-state index in [4.69, 9.17) is 6.42 Å². The molecule has 98 valence electrons. The summed E-state index contributed by atoms with van der Waals surface area (Å²) >= 11 is 0. The molecule has 19 heavy (non-hydrogen) atoms. The van der Waals surface area contributed by atoms with E-state index in [2.05, 4.69) is 29.2 Å². The lowest BCUT2D eigenvalue weighted by molar-refractivity contribution is 0.666. The van der Waals surface area contributed by atoms with Crippen LogP contribution >= 0.6 is 0 Å². The minimum absolute atomic E-state index is 0.0498. The Hall–Kier alpha value is -2.00. The molecule has 1 atom stereocenters.